The van der Waals surface area contributed by atoms with Crippen molar-refractivity contribution in [2.24, 2.45) is 5.92 Å². The molecule has 1 saturated heterocycles. The summed E-state index contributed by atoms with van der Waals surface area (Å²) in [5, 5.41) is 9.32. The average Bonchev–Trinajstić information content (AvgIpc) is 2.45. The zero-order valence-electron chi connectivity index (χ0n) is 12.0. The van der Waals surface area contributed by atoms with Crippen molar-refractivity contribution in [3.63, 3.8) is 0 Å². The van der Waals surface area contributed by atoms with Crippen molar-refractivity contribution < 1.29 is 23.1 Å². The molecule has 1 aromatic heterocycles. The number of pyridine rings is 1. The van der Waals surface area contributed by atoms with Crippen LogP contribution in [0, 0.1) is 5.92 Å². The van der Waals surface area contributed by atoms with Gasteiger partial charge in [-0.3, -0.25) is 4.79 Å². The minimum atomic E-state index is -4.49. The minimum Gasteiger partial charge on any atom is -0.393 e. The maximum atomic E-state index is 12.6. The van der Waals surface area contributed by atoms with E-state index in [1.54, 1.807) is 6.92 Å². The van der Waals surface area contributed by atoms with Crippen molar-refractivity contribution in [2.75, 3.05) is 13.1 Å². The van der Waals surface area contributed by atoms with E-state index in [1.807, 2.05) is 0 Å². The summed E-state index contributed by atoms with van der Waals surface area (Å²) in [7, 11) is 0. The fourth-order valence-electron chi connectivity index (χ4n) is 2.50. The Hall–Kier alpha value is -1.28. The van der Waals surface area contributed by atoms with Crippen molar-refractivity contribution in [1.29, 1.82) is 0 Å². The maximum absolute atomic E-state index is 12.6. The molecule has 1 fully saturated rings. The van der Waals surface area contributed by atoms with Crippen LogP contribution in [-0.2, 0) is 0 Å². The van der Waals surface area contributed by atoms with Crippen LogP contribution in [0.4, 0.5) is 13.2 Å². The lowest BCUT2D eigenvalue weighted by Crippen LogP contribution is -2.43. The van der Waals surface area contributed by atoms with E-state index in [0.29, 0.717) is 13.1 Å². The van der Waals surface area contributed by atoms with Gasteiger partial charge in [-0.15, -0.1) is 0 Å². The predicted molar refractivity (Wildman–Crippen MR) is 76.5 cm³/mol. The number of aliphatic hydroxyl groups is 1. The van der Waals surface area contributed by atoms with Gasteiger partial charge in [-0.05, 0) is 31.9 Å². The van der Waals surface area contributed by atoms with Crippen molar-refractivity contribution in [3.05, 3.63) is 23.9 Å². The van der Waals surface area contributed by atoms with Gasteiger partial charge in [0.2, 0.25) is 0 Å². The van der Waals surface area contributed by atoms with Gasteiger partial charge in [0.05, 0.1) is 11.7 Å². The Balaban J connectivity index is 2.19. The molecule has 4 nitrogen and oxygen atoms in total. The van der Waals surface area contributed by atoms with Crippen molar-refractivity contribution in [3.8, 4) is 0 Å². The van der Waals surface area contributed by atoms with E-state index in [4.69, 9.17) is 0 Å². The maximum Gasteiger partial charge on any atom is 0.447 e. The van der Waals surface area contributed by atoms with Crippen LogP contribution in [0.3, 0.4) is 0 Å². The second-order valence-electron chi connectivity index (χ2n) is 5.30. The zero-order chi connectivity index (χ0) is 16.3. The molecule has 1 N–H and O–H groups in total. The van der Waals surface area contributed by atoms with Gasteiger partial charge in [-0.2, -0.15) is 13.2 Å². The predicted octanol–water partition coefficient (Wildman–Crippen LogP) is 2.93. The van der Waals surface area contributed by atoms with Crippen LogP contribution >= 0.6 is 11.8 Å². The van der Waals surface area contributed by atoms with Gasteiger partial charge in [0.1, 0.15) is 5.03 Å². The quantitative estimate of drug-likeness (QED) is 0.864. The molecule has 2 rings (SSSR count). The van der Waals surface area contributed by atoms with E-state index in [9.17, 15) is 23.1 Å². The molecule has 1 aliphatic heterocycles. The van der Waals surface area contributed by atoms with Crippen LogP contribution in [0.2, 0.25) is 0 Å². The number of alkyl halides is 3. The molecule has 1 aliphatic rings. The zero-order valence-corrected chi connectivity index (χ0v) is 12.8. The van der Waals surface area contributed by atoms with Crippen LogP contribution in [0.5, 0.6) is 0 Å². The minimum absolute atomic E-state index is 0.0453. The highest BCUT2D eigenvalue weighted by atomic mass is 32.2. The first-order valence-electron chi connectivity index (χ1n) is 6.96. The van der Waals surface area contributed by atoms with E-state index in [-0.39, 0.29) is 28.3 Å². The second kappa shape index (κ2) is 6.87. The van der Waals surface area contributed by atoms with Crippen LogP contribution < -0.4 is 0 Å². The number of rotatable bonds is 3. The Bertz CT molecular complexity index is 537. The van der Waals surface area contributed by atoms with Gasteiger partial charge in [0.25, 0.3) is 5.91 Å². The first kappa shape index (κ1) is 17.1. The molecule has 0 saturated carbocycles. The van der Waals surface area contributed by atoms with Crippen LogP contribution in [0.15, 0.2) is 23.4 Å². The standard InChI is InChI=1S/C14H17F3N2O2S/c1-9(20)10-4-3-7-19(8-10)13(21)11-5-2-6-18-12(11)22-14(15,16)17/h2,5-6,9-10,20H,3-4,7-8H2,1H3. The summed E-state index contributed by atoms with van der Waals surface area (Å²) in [6, 6.07) is 2.80. The van der Waals surface area contributed by atoms with Gasteiger partial charge in [0, 0.05) is 37.0 Å². The average molecular weight is 334 g/mol. The Morgan fingerprint density at radius 3 is 2.91 bits per heavy atom. The summed E-state index contributed by atoms with van der Waals surface area (Å²) >= 11 is -0.381. The molecule has 0 radical (unpaired) electrons. The number of hydrogen-bond donors (Lipinski definition) is 1. The number of carbonyl (C=O) groups excluding carboxylic acids is 1. The molecule has 22 heavy (non-hydrogen) atoms. The number of amides is 1. The smallest absolute Gasteiger partial charge is 0.393 e. The summed E-state index contributed by atoms with van der Waals surface area (Å²) in [6.45, 7) is 2.49. The number of aliphatic hydroxyl groups excluding tert-OH is 1. The number of hydrogen-bond acceptors (Lipinski definition) is 4. The molecule has 1 amide bonds. The summed E-state index contributed by atoms with van der Waals surface area (Å²) < 4.78 is 37.7. The molecule has 0 spiro atoms. The number of nitrogens with zero attached hydrogens (tertiary/aromatic N) is 2. The normalized spacial score (nSPS) is 20.8. The van der Waals surface area contributed by atoms with E-state index >= 15 is 0 Å². The van der Waals surface area contributed by atoms with Crippen LogP contribution in [-0.4, -0.2) is 45.6 Å². The first-order chi connectivity index (χ1) is 10.3. The number of likely N-dealkylation sites (tertiary alicyclic amines) is 1. The number of thioether (sulfide) groups is 1. The molecule has 2 unspecified atom stereocenters. The van der Waals surface area contributed by atoms with Crippen LogP contribution in [0.1, 0.15) is 30.1 Å². The van der Waals surface area contributed by atoms with E-state index in [0.717, 1.165) is 12.8 Å². The molecule has 2 heterocycles. The van der Waals surface area contributed by atoms with Gasteiger partial charge < -0.3 is 10.0 Å². The summed E-state index contributed by atoms with van der Waals surface area (Å²) in [5.74, 6) is -0.515. The summed E-state index contributed by atoms with van der Waals surface area (Å²) in [5.41, 5.74) is -4.54. The molecule has 122 valence electrons. The molecule has 8 heteroatoms. The SMILES string of the molecule is CC(O)C1CCCN(C(=O)c2cccnc2SC(F)(F)F)C1. The topological polar surface area (TPSA) is 53.4 Å². The molecule has 2 atom stereocenters. The molecular formula is C14H17F3N2O2S. The molecule has 0 bridgehead atoms. The Kier molecular flexibility index (Phi) is 5.33. The fourth-order valence-corrected chi connectivity index (χ4v) is 3.10. The van der Waals surface area contributed by atoms with Crippen LogP contribution in [0.25, 0.3) is 0 Å². The van der Waals surface area contributed by atoms with Crippen molar-refractivity contribution in [1.82, 2.24) is 9.88 Å². The molecular weight excluding hydrogens is 317 g/mol. The first-order valence-corrected chi connectivity index (χ1v) is 7.77. The Morgan fingerprint density at radius 1 is 1.55 bits per heavy atom. The molecule has 0 aromatic carbocycles. The highest BCUT2D eigenvalue weighted by molar-refractivity contribution is 8.00. The molecule has 0 aliphatic carbocycles. The van der Waals surface area contributed by atoms with Gasteiger partial charge >= 0.3 is 5.51 Å². The Morgan fingerprint density at radius 2 is 2.27 bits per heavy atom. The number of piperidine rings is 1. The lowest BCUT2D eigenvalue weighted by molar-refractivity contribution is -0.0329. The van der Waals surface area contributed by atoms with Gasteiger partial charge in [0.15, 0.2) is 0 Å². The van der Waals surface area contributed by atoms with E-state index < -0.39 is 17.5 Å². The third kappa shape index (κ3) is 4.36. The lowest BCUT2D eigenvalue weighted by atomic mass is 9.93. The number of carbonyl (C=O) groups is 1. The highest BCUT2D eigenvalue weighted by Crippen LogP contribution is 2.37. The third-order valence-corrected chi connectivity index (χ3v) is 4.39. The monoisotopic (exact) mass is 334 g/mol. The highest BCUT2D eigenvalue weighted by Gasteiger charge is 2.34. The number of aromatic nitrogens is 1. The van der Waals surface area contributed by atoms with Gasteiger partial charge in [-0.1, -0.05) is 0 Å². The summed E-state index contributed by atoms with van der Waals surface area (Å²) in [6.07, 6.45) is 2.22. The van der Waals surface area contributed by atoms with Crippen molar-refractivity contribution in [2.45, 2.75) is 36.4 Å². The largest absolute Gasteiger partial charge is 0.447 e. The summed E-state index contributed by atoms with van der Waals surface area (Å²) in [4.78, 5) is 17.7. The second-order valence-corrected chi connectivity index (χ2v) is 6.35. The Labute approximate surface area is 130 Å². The molecule has 1 aromatic rings. The van der Waals surface area contributed by atoms with Gasteiger partial charge in [-0.25, -0.2) is 4.98 Å². The lowest BCUT2D eigenvalue weighted by Gasteiger charge is -2.34. The van der Waals surface area contributed by atoms with Crippen molar-refractivity contribution >= 4 is 17.7 Å². The number of halogens is 3. The van der Waals surface area contributed by atoms with E-state index in [1.165, 1.54) is 23.2 Å². The van der Waals surface area contributed by atoms with E-state index in [2.05, 4.69) is 4.98 Å². The fraction of sp³-hybridized carbons (Fsp3) is 0.571. The third-order valence-electron chi connectivity index (χ3n) is 3.64.